The number of aromatic nitrogens is 3. The molecule has 1 N–H and O–H groups in total. The highest BCUT2D eigenvalue weighted by Crippen LogP contribution is 2.33. The zero-order valence-electron chi connectivity index (χ0n) is 13.9. The summed E-state index contributed by atoms with van der Waals surface area (Å²) in [6.07, 6.45) is -3.54. The van der Waals surface area contributed by atoms with Crippen molar-refractivity contribution in [3.05, 3.63) is 41.0 Å². The smallest absolute Gasteiger partial charge is 0.379 e. The fourth-order valence-corrected chi connectivity index (χ4v) is 3.44. The Labute approximate surface area is 155 Å². The highest BCUT2D eigenvalue weighted by Gasteiger charge is 2.36. The largest absolute Gasteiger partial charge is 0.433 e. The topological polar surface area (TPSA) is 71.8 Å². The summed E-state index contributed by atoms with van der Waals surface area (Å²) in [4.78, 5) is 17.4. The molecule has 3 aromatic rings. The fourth-order valence-electron chi connectivity index (χ4n) is 2.75. The summed E-state index contributed by atoms with van der Waals surface area (Å²) in [5.41, 5.74) is 1.66. The minimum atomic E-state index is -4.64. The van der Waals surface area contributed by atoms with Gasteiger partial charge in [0.25, 0.3) is 5.91 Å². The van der Waals surface area contributed by atoms with Crippen LogP contribution in [-0.2, 0) is 10.9 Å². The number of hydrogen-bond acceptors (Lipinski definition) is 6. The average Bonchev–Trinajstić information content (AvgIpc) is 3.30. The SMILES string of the molecule is O=C(NN1CCOCC1)c1cnn2c(C(F)(F)F)cc(-c3cccs3)nc12. The third kappa shape index (κ3) is 3.53. The number of thiophene rings is 1. The molecule has 1 saturated heterocycles. The van der Waals surface area contributed by atoms with Gasteiger partial charge in [-0.25, -0.2) is 14.5 Å². The first-order valence-electron chi connectivity index (χ1n) is 8.07. The Morgan fingerprint density at radius 3 is 2.74 bits per heavy atom. The van der Waals surface area contributed by atoms with Gasteiger partial charge in [-0.15, -0.1) is 11.3 Å². The summed E-state index contributed by atoms with van der Waals surface area (Å²) in [5, 5.41) is 7.16. The monoisotopic (exact) mass is 397 g/mol. The second-order valence-electron chi connectivity index (χ2n) is 5.84. The predicted molar refractivity (Wildman–Crippen MR) is 91.2 cm³/mol. The summed E-state index contributed by atoms with van der Waals surface area (Å²) in [6.45, 7) is 1.92. The number of nitrogens with zero attached hydrogens (tertiary/aromatic N) is 4. The number of halogens is 3. The fraction of sp³-hybridized carbons (Fsp3) is 0.312. The van der Waals surface area contributed by atoms with Crippen LogP contribution in [0.5, 0.6) is 0 Å². The van der Waals surface area contributed by atoms with Crippen LogP contribution in [0.15, 0.2) is 29.8 Å². The lowest BCUT2D eigenvalue weighted by molar-refractivity contribution is -0.142. The molecule has 0 atom stereocenters. The van der Waals surface area contributed by atoms with Gasteiger partial charge in [0.2, 0.25) is 0 Å². The number of nitrogens with one attached hydrogen (secondary N) is 1. The molecule has 0 saturated carbocycles. The van der Waals surface area contributed by atoms with E-state index < -0.39 is 17.8 Å². The minimum Gasteiger partial charge on any atom is -0.379 e. The first-order chi connectivity index (χ1) is 12.9. The Hall–Kier alpha value is -2.50. The number of morpholine rings is 1. The van der Waals surface area contributed by atoms with Gasteiger partial charge >= 0.3 is 6.18 Å². The quantitative estimate of drug-likeness (QED) is 0.735. The van der Waals surface area contributed by atoms with Crippen LogP contribution in [0.25, 0.3) is 16.2 Å². The number of hydrogen-bond donors (Lipinski definition) is 1. The summed E-state index contributed by atoms with van der Waals surface area (Å²) in [6, 6.07) is 4.34. The van der Waals surface area contributed by atoms with Crippen LogP contribution in [0.3, 0.4) is 0 Å². The van der Waals surface area contributed by atoms with Gasteiger partial charge in [0.15, 0.2) is 11.3 Å². The Balaban J connectivity index is 1.78. The van der Waals surface area contributed by atoms with E-state index in [1.165, 1.54) is 11.3 Å². The number of carbonyl (C=O) groups is 1. The van der Waals surface area contributed by atoms with Crippen LogP contribution < -0.4 is 5.43 Å². The van der Waals surface area contributed by atoms with Gasteiger partial charge in [0.1, 0.15) is 5.56 Å². The summed E-state index contributed by atoms with van der Waals surface area (Å²) in [5.74, 6) is -0.559. The summed E-state index contributed by atoms with van der Waals surface area (Å²) >= 11 is 1.27. The molecule has 0 bridgehead atoms. The number of ether oxygens (including phenoxy) is 1. The van der Waals surface area contributed by atoms with E-state index in [1.54, 1.807) is 22.5 Å². The summed E-state index contributed by atoms with van der Waals surface area (Å²) in [7, 11) is 0. The van der Waals surface area contributed by atoms with Crippen LogP contribution in [0.1, 0.15) is 16.1 Å². The molecule has 0 spiro atoms. The lowest BCUT2D eigenvalue weighted by Gasteiger charge is -2.26. The van der Waals surface area contributed by atoms with Crippen molar-refractivity contribution in [3.63, 3.8) is 0 Å². The number of hydrazine groups is 1. The van der Waals surface area contributed by atoms with Gasteiger partial charge in [-0.2, -0.15) is 18.3 Å². The van der Waals surface area contributed by atoms with Gasteiger partial charge in [-0.1, -0.05) is 6.07 Å². The normalized spacial score (nSPS) is 16.0. The maximum Gasteiger partial charge on any atom is 0.433 e. The van der Waals surface area contributed by atoms with Gasteiger partial charge in [-0.05, 0) is 17.5 Å². The second kappa shape index (κ2) is 6.91. The van der Waals surface area contributed by atoms with Crippen molar-refractivity contribution in [1.29, 1.82) is 0 Å². The molecule has 4 rings (SSSR count). The van der Waals surface area contributed by atoms with Crippen LogP contribution in [0.2, 0.25) is 0 Å². The molecule has 0 radical (unpaired) electrons. The molecule has 7 nitrogen and oxygen atoms in total. The maximum atomic E-state index is 13.5. The van der Waals surface area contributed by atoms with Crippen LogP contribution >= 0.6 is 11.3 Å². The minimum absolute atomic E-state index is 0.0228. The van der Waals surface area contributed by atoms with Gasteiger partial charge in [-0.3, -0.25) is 10.2 Å². The predicted octanol–water partition coefficient (Wildman–Crippen LogP) is 2.45. The number of amides is 1. The van der Waals surface area contributed by atoms with E-state index in [9.17, 15) is 18.0 Å². The van der Waals surface area contributed by atoms with Crippen LogP contribution in [0, 0.1) is 0 Å². The van der Waals surface area contributed by atoms with Gasteiger partial charge in [0, 0.05) is 13.1 Å². The lowest BCUT2D eigenvalue weighted by atomic mass is 10.2. The van der Waals surface area contributed by atoms with Crippen molar-refractivity contribution in [1.82, 2.24) is 25.0 Å². The van der Waals surface area contributed by atoms with Crippen molar-refractivity contribution < 1.29 is 22.7 Å². The van der Waals surface area contributed by atoms with E-state index in [0.717, 1.165) is 12.3 Å². The summed E-state index contributed by atoms with van der Waals surface area (Å²) < 4.78 is 46.4. The van der Waals surface area contributed by atoms with E-state index >= 15 is 0 Å². The number of fused-ring (bicyclic) bond motifs is 1. The molecule has 1 aliphatic rings. The molecule has 142 valence electrons. The van der Waals surface area contributed by atoms with E-state index in [1.807, 2.05) is 0 Å². The number of carbonyl (C=O) groups excluding carboxylic acids is 1. The molecule has 1 amide bonds. The third-order valence-corrected chi connectivity index (χ3v) is 4.94. The number of alkyl halides is 3. The van der Waals surface area contributed by atoms with E-state index in [4.69, 9.17) is 4.74 Å². The molecular weight excluding hydrogens is 383 g/mol. The molecule has 0 aliphatic carbocycles. The highest BCUT2D eigenvalue weighted by atomic mass is 32.1. The van der Waals surface area contributed by atoms with Gasteiger partial charge in [0.05, 0.1) is 30.0 Å². The Kier molecular flexibility index (Phi) is 4.58. The molecule has 1 aliphatic heterocycles. The first kappa shape index (κ1) is 17.9. The first-order valence-corrected chi connectivity index (χ1v) is 8.95. The molecule has 11 heteroatoms. The van der Waals surface area contributed by atoms with E-state index in [2.05, 4.69) is 15.5 Å². The molecule has 3 aromatic heterocycles. The zero-order chi connectivity index (χ0) is 19.0. The Morgan fingerprint density at radius 2 is 2.07 bits per heavy atom. The van der Waals surface area contributed by atoms with Crippen molar-refractivity contribution >= 4 is 22.9 Å². The van der Waals surface area contributed by atoms with E-state index in [-0.39, 0.29) is 16.9 Å². The van der Waals surface area contributed by atoms with E-state index in [0.29, 0.717) is 35.7 Å². The average molecular weight is 397 g/mol. The van der Waals surface area contributed by atoms with Crippen LogP contribution in [0.4, 0.5) is 13.2 Å². The van der Waals surface area contributed by atoms with Crippen molar-refractivity contribution in [2.45, 2.75) is 6.18 Å². The standard InChI is InChI=1S/C16H14F3N5O2S/c17-16(18,19)13-8-11(12-2-1-7-27-12)21-14-10(9-20-24(13)14)15(25)22-23-3-5-26-6-4-23/h1-2,7-9H,3-6H2,(H,22,25). The molecule has 4 heterocycles. The van der Waals surface area contributed by atoms with Gasteiger partial charge < -0.3 is 4.74 Å². The second-order valence-corrected chi connectivity index (χ2v) is 6.78. The van der Waals surface area contributed by atoms with Crippen LogP contribution in [-0.4, -0.2) is 51.8 Å². The van der Waals surface area contributed by atoms with Crippen molar-refractivity contribution in [2.24, 2.45) is 0 Å². The molecule has 0 unspecified atom stereocenters. The maximum absolute atomic E-state index is 13.5. The third-order valence-electron chi connectivity index (χ3n) is 4.05. The molecule has 0 aromatic carbocycles. The molecular formula is C16H14F3N5O2S. The highest BCUT2D eigenvalue weighted by molar-refractivity contribution is 7.13. The van der Waals surface area contributed by atoms with Crippen molar-refractivity contribution in [3.8, 4) is 10.6 Å². The molecule has 1 fully saturated rings. The number of rotatable bonds is 3. The molecule has 27 heavy (non-hydrogen) atoms. The van der Waals surface area contributed by atoms with Crippen molar-refractivity contribution in [2.75, 3.05) is 26.3 Å². The lowest BCUT2D eigenvalue weighted by Crippen LogP contribution is -2.48. The Morgan fingerprint density at radius 1 is 1.30 bits per heavy atom. The Bertz CT molecular complexity index is 964. The zero-order valence-corrected chi connectivity index (χ0v) is 14.7.